The van der Waals surface area contributed by atoms with E-state index in [-0.39, 0.29) is 24.8 Å². The van der Waals surface area contributed by atoms with Gasteiger partial charge in [0, 0.05) is 18.7 Å². The highest BCUT2D eigenvalue weighted by molar-refractivity contribution is 5.85. The summed E-state index contributed by atoms with van der Waals surface area (Å²) in [5.41, 5.74) is 0.971. The maximum absolute atomic E-state index is 5.72. The average molecular weight is 265 g/mol. The molecule has 0 aromatic carbocycles. The minimum Gasteiger partial charge on any atom is -0.491 e. The maximum Gasteiger partial charge on any atom is 0.140 e. The molecule has 3 nitrogen and oxygen atoms in total. The predicted octanol–water partition coefficient (Wildman–Crippen LogP) is 2.22. The molecule has 16 heavy (non-hydrogen) atoms. The molecule has 92 valence electrons. The second-order valence-corrected chi connectivity index (χ2v) is 3.76. The largest absolute Gasteiger partial charge is 0.491 e. The first-order valence-electron chi connectivity index (χ1n) is 5.11. The minimum atomic E-state index is 0. The summed E-state index contributed by atoms with van der Waals surface area (Å²) in [4.78, 5) is 4.18. The van der Waals surface area contributed by atoms with Crippen molar-refractivity contribution < 1.29 is 4.74 Å². The topological polar surface area (TPSA) is 34.1 Å². The normalized spacial score (nSPS) is 18.4. The molecule has 0 unspecified atom stereocenters. The van der Waals surface area contributed by atoms with Crippen molar-refractivity contribution in [1.29, 1.82) is 0 Å². The number of ether oxygens (including phenoxy) is 1. The molecule has 1 aromatic rings. The molecule has 5 heteroatoms. The highest BCUT2D eigenvalue weighted by Crippen LogP contribution is 2.16. The SMILES string of the molecule is Cc1ncccc1OC[C@@H]1CCNC1.Cl.Cl. The van der Waals surface area contributed by atoms with Crippen LogP contribution in [0.4, 0.5) is 0 Å². The van der Waals surface area contributed by atoms with E-state index in [1.165, 1.54) is 6.42 Å². The first-order valence-corrected chi connectivity index (χ1v) is 5.11. The van der Waals surface area contributed by atoms with Gasteiger partial charge in [-0.1, -0.05) is 0 Å². The number of pyridine rings is 1. The van der Waals surface area contributed by atoms with Crippen molar-refractivity contribution in [2.45, 2.75) is 13.3 Å². The minimum absolute atomic E-state index is 0. The molecule has 2 rings (SSSR count). The van der Waals surface area contributed by atoms with E-state index in [1.807, 2.05) is 19.1 Å². The molecule has 1 saturated heterocycles. The number of nitrogens with zero attached hydrogens (tertiary/aromatic N) is 1. The highest BCUT2D eigenvalue weighted by atomic mass is 35.5. The van der Waals surface area contributed by atoms with Crippen LogP contribution in [0.25, 0.3) is 0 Å². The highest BCUT2D eigenvalue weighted by Gasteiger charge is 2.15. The zero-order valence-electron chi connectivity index (χ0n) is 9.31. The van der Waals surface area contributed by atoms with E-state index in [0.717, 1.165) is 31.1 Å². The Kier molecular flexibility index (Phi) is 7.47. The van der Waals surface area contributed by atoms with Gasteiger partial charge >= 0.3 is 0 Å². The van der Waals surface area contributed by atoms with E-state index in [9.17, 15) is 0 Å². The van der Waals surface area contributed by atoms with Gasteiger partial charge < -0.3 is 10.1 Å². The Morgan fingerprint density at radius 3 is 2.94 bits per heavy atom. The summed E-state index contributed by atoms with van der Waals surface area (Å²) < 4.78 is 5.72. The van der Waals surface area contributed by atoms with Crippen LogP contribution in [0.2, 0.25) is 0 Å². The van der Waals surface area contributed by atoms with Gasteiger partial charge in [0.15, 0.2) is 0 Å². The van der Waals surface area contributed by atoms with Crippen LogP contribution in [0.15, 0.2) is 18.3 Å². The van der Waals surface area contributed by atoms with Crippen LogP contribution in [-0.2, 0) is 0 Å². The number of hydrogen-bond donors (Lipinski definition) is 1. The lowest BCUT2D eigenvalue weighted by Crippen LogP contribution is -2.15. The van der Waals surface area contributed by atoms with Crippen molar-refractivity contribution in [3.05, 3.63) is 24.0 Å². The Balaban J connectivity index is 0.00000112. The first kappa shape index (κ1) is 15.5. The lowest BCUT2D eigenvalue weighted by Gasteiger charge is -2.11. The van der Waals surface area contributed by atoms with Gasteiger partial charge in [-0.2, -0.15) is 0 Å². The molecule has 2 heterocycles. The molecule has 1 aliphatic rings. The van der Waals surface area contributed by atoms with Crippen LogP contribution in [0.3, 0.4) is 0 Å². The van der Waals surface area contributed by atoms with Gasteiger partial charge in [-0.05, 0) is 32.0 Å². The Morgan fingerprint density at radius 1 is 1.50 bits per heavy atom. The number of nitrogens with one attached hydrogen (secondary N) is 1. The monoisotopic (exact) mass is 264 g/mol. The smallest absolute Gasteiger partial charge is 0.140 e. The van der Waals surface area contributed by atoms with Crippen LogP contribution in [-0.4, -0.2) is 24.7 Å². The molecular formula is C11H18Cl2N2O. The van der Waals surface area contributed by atoms with Crippen LogP contribution in [0.5, 0.6) is 5.75 Å². The van der Waals surface area contributed by atoms with Gasteiger partial charge in [0.1, 0.15) is 5.75 Å². The zero-order valence-corrected chi connectivity index (χ0v) is 10.9. The van der Waals surface area contributed by atoms with E-state index in [4.69, 9.17) is 4.74 Å². The lowest BCUT2D eigenvalue weighted by molar-refractivity contribution is 0.257. The van der Waals surface area contributed by atoms with Crippen molar-refractivity contribution in [2.75, 3.05) is 19.7 Å². The van der Waals surface area contributed by atoms with Crippen LogP contribution < -0.4 is 10.1 Å². The first-order chi connectivity index (χ1) is 6.86. The van der Waals surface area contributed by atoms with Gasteiger partial charge in [-0.25, -0.2) is 0 Å². The molecule has 1 aromatic heterocycles. The Morgan fingerprint density at radius 2 is 2.31 bits per heavy atom. The third kappa shape index (κ3) is 4.16. The molecule has 1 fully saturated rings. The quantitative estimate of drug-likeness (QED) is 0.910. The van der Waals surface area contributed by atoms with Crippen LogP contribution in [0, 0.1) is 12.8 Å². The maximum atomic E-state index is 5.72. The second kappa shape index (κ2) is 7.71. The summed E-state index contributed by atoms with van der Waals surface area (Å²) in [6.07, 6.45) is 3.01. The summed E-state index contributed by atoms with van der Waals surface area (Å²) in [5.74, 6) is 1.58. The van der Waals surface area contributed by atoms with Crippen molar-refractivity contribution in [1.82, 2.24) is 10.3 Å². The molecule has 0 spiro atoms. The van der Waals surface area contributed by atoms with E-state index in [1.54, 1.807) is 6.20 Å². The van der Waals surface area contributed by atoms with Crippen LogP contribution in [0.1, 0.15) is 12.1 Å². The van der Waals surface area contributed by atoms with Gasteiger partial charge in [0.05, 0.1) is 12.3 Å². The third-order valence-corrected chi connectivity index (χ3v) is 2.60. The summed E-state index contributed by atoms with van der Waals surface area (Å²) in [5, 5.41) is 3.33. The Hall–Kier alpha value is -0.510. The fourth-order valence-electron chi connectivity index (χ4n) is 1.69. The summed E-state index contributed by atoms with van der Waals surface area (Å²) in [7, 11) is 0. The number of aromatic nitrogens is 1. The Bertz CT molecular complexity index is 304. The number of rotatable bonds is 3. The summed E-state index contributed by atoms with van der Waals surface area (Å²) in [6, 6.07) is 3.89. The zero-order chi connectivity index (χ0) is 9.80. The number of aryl methyl sites for hydroxylation is 1. The van der Waals surface area contributed by atoms with Crippen molar-refractivity contribution in [2.24, 2.45) is 5.92 Å². The predicted molar refractivity (Wildman–Crippen MR) is 69.9 cm³/mol. The molecule has 1 aliphatic heterocycles. The summed E-state index contributed by atoms with van der Waals surface area (Å²) >= 11 is 0. The molecule has 1 N–H and O–H groups in total. The fourth-order valence-corrected chi connectivity index (χ4v) is 1.69. The molecular weight excluding hydrogens is 247 g/mol. The average Bonchev–Trinajstić information content (AvgIpc) is 2.69. The lowest BCUT2D eigenvalue weighted by atomic mass is 10.1. The van der Waals surface area contributed by atoms with Crippen molar-refractivity contribution >= 4 is 24.8 Å². The van der Waals surface area contributed by atoms with E-state index >= 15 is 0 Å². The van der Waals surface area contributed by atoms with E-state index < -0.39 is 0 Å². The fraction of sp³-hybridized carbons (Fsp3) is 0.545. The van der Waals surface area contributed by atoms with Crippen molar-refractivity contribution in [3.8, 4) is 5.75 Å². The third-order valence-electron chi connectivity index (χ3n) is 2.60. The van der Waals surface area contributed by atoms with Gasteiger partial charge in [0.25, 0.3) is 0 Å². The van der Waals surface area contributed by atoms with Crippen LogP contribution >= 0.6 is 24.8 Å². The standard InChI is InChI=1S/C11H16N2O.2ClH/c1-9-11(3-2-5-13-9)14-8-10-4-6-12-7-10;;/h2-3,5,10,12H,4,6-8H2,1H3;2*1H/t10-;;/m1../s1. The van der Waals surface area contributed by atoms with E-state index in [0.29, 0.717) is 5.92 Å². The number of hydrogen-bond acceptors (Lipinski definition) is 3. The van der Waals surface area contributed by atoms with Gasteiger partial charge in [-0.3, -0.25) is 4.98 Å². The second-order valence-electron chi connectivity index (χ2n) is 3.76. The van der Waals surface area contributed by atoms with Gasteiger partial charge in [-0.15, -0.1) is 24.8 Å². The van der Waals surface area contributed by atoms with Crippen molar-refractivity contribution in [3.63, 3.8) is 0 Å². The summed E-state index contributed by atoms with van der Waals surface area (Å²) in [6.45, 7) is 4.99. The van der Waals surface area contributed by atoms with Gasteiger partial charge in [0.2, 0.25) is 0 Å². The molecule has 0 radical (unpaired) electrons. The molecule has 0 bridgehead atoms. The molecule has 1 atom stereocenters. The van der Waals surface area contributed by atoms with E-state index in [2.05, 4.69) is 10.3 Å². The Labute approximate surface area is 109 Å². The molecule has 0 saturated carbocycles. The molecule has 0 amide bonds. The molecule has 0 aliphatic carbocycles. The number of halogens is 2.